The quantitative estimate of drug-likeness (QED) is 0.662. The number of nitrogens with one attached hydrogen (secondary N) is 1. The third-order valence-electron chi connectivity index (χ3n) is 2.22. The van der Waals surface area contributed by atoms with Gasteiger partial charge in [0.25, 0.3) is 0 Å². The van der Waals surface area contributed by atoms with Crippen molar-refractivity contribution in [2.45, 2.75) is 13.0 Å². The molecule has 0 saturated heterocycles. The van der Waals surface area contributed by atoms with Crippen LogP contribution in [0.1, 0.15) is 6.92 Å². The van der Waals surface area contributed by atoms with Crippen molar-refractivity contribution in [3.8, 4) is 5.75 Å². The molecule has 0 aliphatic carbocycles. The molecule has 2 nitrogen and oxygen atoms in total. The van der Waals surface area contributed by atoms with Crippen LogP contribution in [0.2, 0.25) is 0 Å². The summed E-state index contributed by atoms with van der Waals surface area (Å²) in [4.78, 5) is 0. The van der Waals surface area contributed by atoms with E-state index in [0.717, 1.165) is 17.0 Å². The van der Waals surface area contributed by atoms with Crippen molar-refractivity contribution in [2.24, 2.45) is 0 Å². The minimum Gasteiger partial charge on any atom is -0.489 e. The maximum Gasteiger partial charge on any atom is 0.142 e. The SMILES string of the molecule is C=C(C)[C@H]1COc2ccccc2N1. The van der Waals surface area contributed by atoms with Gasteiger partial charge in [-0.1, -0.05) is 24.3 Å². The average molecular weight is 175 g/mol. The maximum absolute atomic E-state index is 5.57. The highest BCUT2D eigenvalue weighted by atomic mass is 16.5. The number of anilines is 1. The molecule has 0 fully saturated rings. The Labute approximate surface area is 78.2 Å². The van der Waals surface area contributed by atoms with E-state index in [0.29, 0.717) is 6.61 Å². The molecule has 0 bridgehead atoms. The standard InChI is InChI=1S/C11H13NO/c1-8(2)10-7-13-11-6-4-3-5-9(11)12-10/h3-6,10,12H,1,7H2,2H3/t10-/m1/s1. The summed E-state index contributed by atoms with van der Waals surface area (Å²) < 4.78 is 5.57. The van der Waals surface area contributed by atoms with Crippen molar-refractivity contribution in [1.82, 2.24) is 0 Å². The highest BCUT2D eigenvalue weighted by Gasteiger charge is 2.17. The zero-order valence-corrected chi connectivity index (χ0v) is 7.71. The molecule has 2 rings (SSSR count). The molecule has 0 unspecified atom stereocenters. The van der Waals surface area contributed by atoms with E-state index in [4.69, 9.17) is 4.74 Å². The number of rotatable bonds is 1. The second-order valence-electron chi connectivity index (χ2n) is 3.35. The Balaban J connectivity index is 2.24. The van der Waals surface area contributed by atoms with Crippen LogP contribution >= 0.6 is 0 Å². The second-order valence-corrected chi connectivity index (χ2v) is 3.35. The van der Waals surface area contributed by atoms with E-state index in [2.05, 4.69) is 11.9 Å². The molecule has 0 radical (unpaired) electrons. The zero-order chi connectivity index (χ0) is 9.26. The maximum atomic E-state index is 5.57. The smallest absolute Gasteiger partial charge is 0.142 e. The lowest BCUT2D eigenvalue weighted by Gasteiger charge is -2.27. The Morgan fingerprint density at radius 2 is 2.31 bits per heavy atom. The summed E-state index contributed by atoms with van der Waals surface area (Å²) in [6.07, 6.45) is 0. The van der Waals surface area contributed by atoms with E-state index in [-0.39, 0.29) is 6.04 Å². The lowest BCUT2D eigenvalue weighted by Crippen LogP contribution is -2.31. The lowest BCUT2D eigenvalue weighted by molar-refractivity contribution is 0.297. The molecule has 0 saturated carbocycles. The third-order valence-corrected chi connectivity index (χ3v) is 2.22. The van der Waals surface area contributed by atoms with Crippen molar-refractivity contribution in [1.29, 1.82) is 0 Å². The molecule has 1 aromatic rings. The monoisotopic (exact) mass is 175 g/mol. The van der Waals surface area contributed by atoms with Gasteiger partial charge in [0.2, 0.25) is 0 Å². The van der Waals surface area contributed by atoms with Crippen molar-refractivity contribution in [3.05, 3.63) is 36.4 Å². The molecule has 1 aliphatic rings. The predicted octanol–water partition coefficient (Wildman–Crippen LogP) is 2.44. The predicted molar refractivity (Wildman–Crippen MR) is 54.2 cm³/mol. The Bertz CT molecular complexity index is 333. The first kappa shape index (κ1) is 8.17. The minimum atomic E-state index is 0.245. The molecule has 13 heavy (non-hydrogen) atoms. The summed E-state index contributed by atoms with van der Waals surface area (Å²) in [7, 11) is 0. The number of fused-ring (bicyclic) bond motifs is 1. The molecule has 2 heteroatoms. The van der Waals surface area contributed by atoms with Gasteiger partial charge >= 0.3 is 0 Å². The molecule has 1 atom stereocenters. The molecule has 1 heterocycles. The fraction of sp³-hybridized carbons (Fsp3) is 0.273. The Morgan fingerprint density at radius 3 is 3.08 bits per heavy atom. The molecule has 1 aromatic carbocycles. The Morgan fingerprint density at radius 1 is 1.54 bits per heavy atom. The van der Waals surface area contributed by atoms with Crippen LogP contribution in [-0.2, 0) is 0 Å². The fourth-order valence-electron chi connectivity index (χ4n) is 1.38. The summed E-state index contributed by atoms with van der Waals surface area (Å²) in [5.74, 6) is 0.931. The molecular weight excluding hydrogens is 162 g/mol. The van der Waals surface area contributed by atoms with E-state index in [1.165, 1.54) is 0 Å². The van der Waals surface area contributed by atoms with Gasteiger partial charge in [-0.3, -0.25) is 0 Å². The van der Waals surface area contributed by atoms with Gasteiger partial charge in [0, 0.05) is 0 Å². The summed E-state index contributed by atoms with van der Waals surface area (Å²) in [6, 6.07) is 8.20. The average Bonchev–Trinajstić information content (AvgIpc) is 2.17. The second kappa shape index (κ2) is 3.13. The molecule has 68 valence electrons. The summed E-state index contributed by atoms with van der Waals surface area (Å²) >= 11 is 0. The van der Waals surface area contributed by atoms with Gasteiger partial charge in [0.05, 0.1) is 11.7 Å². The first-order valence-corrected chi connectivity index (χ1v) is 4.41. The van der Waals surface area contributed by atoms with E-state index < -0.39 is 0 Å². The largest absolute Gasteiger partial charge is 0.489 e. The molecular formula is C11H13NO. The van der Waals surface area contributed by atoms with Crippen LogP contribution in [0.15, 0.2) is 36.4 Å². The van der Waals surface area contributed by atoms with Crippen LogP contribution in [0, 0.1) is 0 Å². The highest BCUT2D eigenvalue weighted by molar-refractivity contribution is 5.59. The van der Waals surface area contributed by atoms with Crippen molar-refractivity contribution in [3.63, 3.8) is 0 Å². The van der Waals surface area contributed by atoms with Gasteiger partial charge in [0.15, 0.2) is 0 Å². The van der Waals surface area contributed by atoms with Crippen molar-refractivity contribution >= 4 is 5.69 Å². The minimum absolute atomic E-state index is 0.245. The van der Waals surface area contributed by atoms with Gasteiger partial charge in [-0.05, 0) is 19.1 Å². The van der Waals surface area contributed by atoms with Gasteiger partial charge in [-0.15, -0.1) is 0 Å². The highest BCUT2D eigenvalue weighted by Crippen LogP contribution is 2.29. The Kier molecular flexibility index (Phi) is 1.97. The van der Waals surface area contributed by atoms with Crippen LogP contribution in [0.3, 0.4) is 0 Å². The number of hydrogen-bond donors (Lipinski definition) is 1. The van der Waals surface area contributed by atoms with Crippen molar-refractivity contribution < 1.29 is 4.74 Å². The van der Waals surface area contributed by atoms with E-state index in [1.54, 1.807) is 0 Å². The molecule has 1 aliphatic heterocycles. The lowest BCUT2D eigenvalue weighted by atomic mass is 10.1. The van der Waals surface area contributed by atoms with Crippen LogP contribution in [0.25, 0.3) is 0 Å². The summed E-state index contributed by atoms with van der Waals surface area (Å²) in [6.45, 7) is 6.59. The molecule has 0 aromatic heterocycles. The van der Waals surface area contributed by atoms with Gasteiger partial charge in [0.1, 0.15) is 12.4 Å². The first-order chi connectivity index (χ1) is 6.27. The van der Waals surface area contributed by atoms with Crippen LogP contribution in [0.5, 0.6) is 5.75 Å². The van der Waals surface area contributed by atoms with Gasteiger partial charge < -0.3 is 10.1 Å². The topological polar surface area (TPSA) is 21.3 Å². The number of ether oxygens (including phenoxy) is 1. The molecule has 0 amide bonds. The fourth-order valence-corrected chi connectivity index (χ4v) is 1.38. The zero-order valence-electron chi connectivity index (χ0n) is 7.71. The first-order valence-electron chi connectivity index (χ1n) is 4.41. The number of benzene rings is 1. The number of hydrogen-bond acceptors (Lipinski definition) is 2. The Hall–Kier alpha value is -1.44. The van der Waals surface area contributed by atoms with Crippen LogP contribution in [0.4, 0.5) is 5.69 Å². The summed E-state index contributed by atoms with van der Waals surface area (Å²) in [5.41, 5.74) is 2.16. The van der Waals surface area contributed by atoms with Crippen LogP contribution in [-0.4, -0.2) is 12.6 Å². The number of para-hydroxylation sites is 2. The summed E-state index contributed by atoms with van der Waals surface area (Å²) in [5, 5.41) is 3.37. The van der Waals surface area contributed by atoms with E-state index in [9.17, 15) is 0 Å². The molecule has 0 spiro atoms. The van der Waals surface area contributed by atoms with Gasteiger partial charge in [-0.2, -0.15) is 0 Å². The third kappa shape index (κ3) is 1.52. The van der Waals surface area contributed by atoms with Crippen molar-refractivity contribution in [2.75, 3.05) is 11.9 Å². The molecule has 1 N–H and O–H groups in total. The normalized spacial score (nSPS) is 19.6. The van der Waals surface area contributed by atoms with Crippen LogP contribution < -0.4 is 10.1 Å². The van der Waals surface area contributed by atoms with E-state index in [1.807, 2.05) is 31.2 Å². The van der Waals surface area contributed by atoms with Gasteiger partial charge in [-0.25, -0.2) is 0 Å². The van der Waals surface area contributed by atoms with E-state index >= 15 is 0 Å².